The van der Waals surface area contributed by atoms with Gasteiger partial charge >= 0.3 is 0 Å². The third-order valence-electron chi connectivity index (χ3n) is 4.10. The largest absolute Gasteiger partial charge is 0.392 e. The van der Waals surface area contributed by atoms with Crippen molar-refractivity contribution in [3.63, 3.8) is 0 Å². The first-order valence-electron chi connectivity index (χ1n) is 7.54. The van der Waals surface area contributed by atoms with E-state index in [0.717, 1.165) is 24.8 Å². The molecule has 1 aromatic rings. The van der Waals surface area contributed by atoms with Crippen molar-refractivity contribution in [1.29, 1.82) is 0 Å². The van der Waals surface area contributed by atoms with Crippen LogP contribution >= 0.6 is 0 Å². The van der Waals surface area contributed by atoms with E-state index in [0.29, 0.717) is 26.2 Å². The average molecular weight is 293 g/mol. The molecule has 0 aromatic heterocycles. The summed E-state index contributed by atoms with van der Waals surface area (Å²) in [6.45, 7) is 5.44. The number of halogens is 1. The van der Waals surface area contributed by atoms with Crippen molar-refractivity contribution in [3.8, 4) is 0 Å². The molecule has 21 heavy (non-hydrogen) atoms. The fraction of sp³-hybridized carbons (Fsp3) is 0.529. The third-order valence-corrected chi connectivity index (χ3v) is 4.10. The second kappa shape index (κ2) is 7.69. The minimum Gasteiger partial charge on any atom is -0.392 e. The van der Waals surface area contributed by atoms with Gasteiger partial charge in [-0.15, -0.1) is 6.58 Å². The second-order valence-electron chi connectivity index (χ2n) is 5.61. The smallest absolute Gasteiger partial charge is 0.123 e. The Morgan fingerprint density at radius 1 is 1.43 bits per heavy atom. The van der Waals surface area contributed by atoms with Crippen LogP contribution < -0.4 is 5.32 Å². The molecule has 1 fully saturated rings. The molecule has 116 valence electrons. The second-order valence-corrected chi connectivity index (χ2v) is 5.61. The van der Waals surface area contributed by atoms with E-state index in [-0.39, 0.29) is 11.4 Å². The van der Waals surface area contributed by atoms with E-state index in [1.54, 1.807) is 18.2 Å². The van der Waals surface area contributed by atoms with E-state index in [4.69, 9.17) is 4.74 Å². The van der Waals surface area contributed by atoms with E-state index < -0.39 is 6.10 Å². The maximum absolute atomic E-state index is 13.5. The third kappa shape index (κ3) is 4.37. The molecule has 0 radical (unpaired) electrons. The topological polar surface area (TPSA) is 41.5 Å². The molecule has 0 saturated carbocycles. The Hall–Kier alpha value is -1.23. The average Bonchev–Trinajstić information content (AvgIpc) is 2.52. The van der Waals surface area contributed by atoms with Crippen molar-refractivity contribution in [2.24, 2.45) is 0 Å². The van der Waals surface area contributed by atoms with Crippen molar-refractivity contribution < 1.29 is 14.2 Å². The van der Waals surface area contributed by atoms with E-state index in [1.807, 2.05) is 6.07 Å². The number of aliphatic hydroxyl groups excluding tert-OH is 1. The van der Waals surface area contributed by atoms with Gasteiger partial charge in [-0.3, -0.25) is 0 Å². The molecular formula is C17H24FNO2. The molecule has 1 atom stereocenters. The Kier molecular flexibility index (Phi) is 5.91. The quantitative estimate of drug-likeness (QED) is 0.760. The normalized spacial score (nSPS) is 19.1. The predicted octanol–water partition coefficient (Wildman–Crippen LogP) is 2.75. The fourth-order valence-corrected chi connectivity index (χ4v) is 2.80. The zero-order valence-electron chi connectivity index (χ0n) is 12.4. The van der Waals surface area contributed by atoms with Crippen LogP contribution in [0.1, 0.15) is 31.2 Å². The van der Waals surface area contributed by atoms with Gasteiger partial charge in [0.2, 0.25) is 0 Å². The maximum atomic E-state index is 13.5. The minimum atomic E-state index is -0.420. The number of ether oxygens (including phenoxy) is 1. The Labute approximate surface area is 125 Å². The highest BCUT2D eigenvalue weighted by atomic mass is 19.1. The van der Waals surface area contributed by atoms with Gasteiger partial charge in [0.05, 0.1) is 6.10 Å². The summed E-state index contributed by atoms with van der Waals surface area (Å²) >= 11 is 0. The van der Waals surface area contributed by atoms with Crippen LogP contribution in [-0.4, -0.2) is 31.0 Å². The zero-order chi connectivity index (χ0) is 15.1. The summed E-state index contributed by atoms with van der Waals surface area (Å²) in [5.41, 5.74) is 0.622. The predicted molar refractivity (Wildman–Crippen MR) is 81.6 cm³/mol. The molecule has 2 rings (SSSR count). The van der Waals surface area contributed by atoms with E-state index >= 15 is 0 Å². The van der Waals surface area contributed by atoms with Gasteiger partial charge in [0.15, 0.2) is 0 Å². The van der Waals surface area contributed by atoms with Crippen LogP contribution in [0.5, 0.6) is 0 Å². The molecule has 0 spiro atoms. The molecule has 3 nitrogen and oxygen atoms in total. The first kappa shape index (κ1) is 16.1. The summed E-state index contributed by atoms with van der Waals surface area (Å²) in [6.07, 6.45) is 4.43. The van der Waals surface area contributed by atoms with Gasteiger partial charge in [-0.25, -0.2) is 4.39 Å². The summed E-state index contributed by atoms with van der Waals surface area (Å²) in [5, 5.41) is 13.5. The van der Waals surface area contributed by atoms with Crippen LogP contribution in [0, 0.1) is 5.82 Å². The van der Waals surface area contributed by atoms with Gasteiger partial charge in [-0.1, -0.05) is 18.2 Å². The molecule has 1 heterocycles. The lowest BCUT2D eigenvalue weighted by molar-refractivity contribution is 0.0294. The summed E-state index contributed by atoms with van der Waals surface area (Å²) in [6, 6.07) is 6.71. The molecule has 1 saturated heterocycles. The Morgan fingerprint density at radius 2 is 2.19 bits per heavy atom. The summed E-state index contributed by atoms with van der Waals surface area (Å²) in [5.74, 6) is -0.229. The first-order valence-corrected chi connectivity index (χ1v) is 7.54. The van der Waals surface area contributed by atoms with Gasteiger partial charge in [0, 0.05) is 25.3 Å². The van der Waals surface area contributed by atoms with Crippen LogP contribution in [0.25, 0.3) is 0 Å². The number of hydrogen-bond donors (Lipinski definition) is 2. The lowest BCUT2D eigenvalue weighted by atomic mass is 9.82. The monoisotopic (exact) mass is 293 g/mol. The van der Waals surface area contributed by atoms with Crippen LogP contribution in [0.15, 0.2) is 36.9 Å². The van der Waals surface area contributed by atoms with Crippen molar-refractivity contribution in [2.75, 3.05) is 19.8 Å². The Bertz CT molecular complexity index is 458. The van der Waals surface area contributed by atoms with Gasteiger partial charge in [-0.2, -0.15) is 0 Å². The standard InChI is InChI=1S/C17H24FNO2/c1-2-3-7-16(20)13-19-17(8-10-21-11-9-17)14-5-4-6-15(18)12-14/h2,4-6,12,16,19-20H,1,3,7-11,13H2. The van der Waals surface area contributed by atoms with Crippen LogP contribution in [0.2, 0.25) is 0 Å². The molecule has 1 aliphatic rings. The van der Waals surface area contributed by atoms with E-state index in [2.05, 4.69) is 11.9 Å². The number of hydrogen-bond acceptors (Lipinski definition) is 3. The molecule has 1 unspecified atom stereocenters. The summed E-state index contributed by atoms with van der Waals surface area (Å²) in [4.78, 5) is 0. The minimum absolute atomic E-state index is 0.229. The highest BCUT2D eigenvalue weighted by Gasteiger charge is 2.34. The van der Waals surface area contributed by atoms with E-state index in [9.17, 15) is 9.50 Å². The van der Waals surface area contributed by atoms with Crippen LogP contribution in [0.3, 0.4) is 0 Å². The van der Waals surface area contributed by atoms with Crippen molar-refractivity contribution in [2.45, 2.75) is 37.3 Å². The fourth-order valence-electron chi connectivity index (χ4n) is 2.80. The SMILES string of the molecule is C=CCCC(O)CNC1(c2cccc(F)c2)CCOCC1. The molecule has 4 heteroatoms. The number of allylic oxidation sites excluding steroid dienone is 1. The number of nitrogens with one attached hydrogen (secondary N) is 1. The van der Waals surface area contributed by atoms with Crippen molar-refractivity contribution in [3.05, 3.63) is 48.3 Å². The van der Waals surface area contributed by atoms with Gasteiger partial charge in [0.25, 0.3) is 0 Å². The number of rotatable bonds is 7. The lowest BCUT2D eigenvalue weighted by Gasteiger charge is -2.39. The zero-order valence-corrected chi connectivity index (χ0v) is 12.4. The molecule has 0 amide bonds. The van der Waals surface area contributed by atoms with Crippen LogP contribution in [-0.2, 0) is 10.3 Å². The van der Waals surface area contributed by atoms with Crippen molar-refractivity contribution in [1.82, 2.24) is 5.32 Å². The molecule has 2 N–H and O–H groups in total. The molecule has 0 bridgehead atoms. The lowest BCUT2D eigenvalue weighted by Crippen LogP contribution is -2.49. The first-order chi connectivity index (χ1) is 10.2. The highest BCUT2D eigenvalue weighted by Crippen LogP contribution is 2.32. The molecule has 0 aliphatic carbocycles. The van der Waals surface area contributed by atoms with E-state index in [1.165, 1.54) is 6.07 Å². The Morgan fingerprint density at radius 3 is 2.86 bits per heavy atom. The maximum Gasteiger partial charge on any atom is 0.123 e. The molecular weight excluding hydrogens is 269 g/mol. The summed E-state index contributed by atoms with van der Waals surface area (Å²) < 4.78 is 19.0. The van der Waals surface area contributed by atoms with Gasteiger partial charge in [0.1, 0.15) is 5.82 Å². The van der Waals surface area contributed by atoms with Crippen LogP contribution in [0.4, 0.5) is 4.39 Å². The Balaban J connectivity index is 2.08. The highest BCUT2D eigenvalue weighted by molar-refractivity contribution is 5.26. The van der Waals surface area contributed by atoms with Gasteiger partial charge < -0.3 is 15.2 Å². The molecule has 1 aliphatic heterocycles. The summed E-state index contributed by atoms with van der Waals surface area (Å²) in [7, 11) is 0. The van der Waals surface area contributed by atoms with Gasteiger partial charge in [-0.05, 0) is 43.4 Å². The molecule has 1 aromatic carbocycles. The van der Waals surface area contributed by atoms with Crippen molar-refractivity contribution >= 4 is 0 Å². The number of benzene rings is 1. The number of aliphatic hydroxyl groups is 1.